The Morgan fingerprint density at radius 2 is 1.49 bits per heavy atom. The number of aromatic nitrogens is 2. The Kier molecular flexibility index (Phi) is 19.1. The van der Waals surface area contributed by atoms with Gasteiger partial charge in [0.05, 0.1) is 12.8 Å². The van der Waals surface area contributed by atoms with E-state index in [4.69, 9.17) is 30.4 Å². The fourth-order valence-electron chi connectivity index (χ4n) is 6.65. The predicted octanol–water partition coefficient (Wildman–Crippen LogP) is -0.474. The maximum absolute atomic E-state index is 14.5. The third-order valence-corrected chi connectivity index (χ3v) is 10.6. The van der Waals surface area contributed by atoms with Gasteiger partial charge in [-0.05, 0) is 48.8 Å². The minimum atomic E-state index is -2.19. The summed E-state index contributed by atoms with van der Waals surface area (Å²) in [5, 5.41) is 49.0. The lowest BCUT2D eigenvalue weighted by atomic mass is 9.94. The Labute approximate surface area is 351 Å². The number of primary amides is 1. The summed E-state index contributed by atoms with van der Waals surface area (Å²) in [6, 6.07) is 2.56. The van der Waals surface area contributed by atoms with E-state index in [-0.39, 0.29) is 18.2 Å². The van der Waals surface area contributed by atoms with Gasteiger partial charge in [-0.15, -0.1) is 0 Å². The number of rotatable bonds is 24. The zero-order valence-corrected chi connectivity index (χ0v) is 34.7. The number of H-pyrrole nitrogens is 2. The maximum atomic E-state index is 14.5. The van der Waals surface area contributed by atoms with Gasteiger partial charge >= 0.3 is 23.7 Å². The zero-order valence-electron chi connectivity index (χ0n) is 34.7. The summed E-state index contributed by atoms with van der Waals surface area (Å²) in [4.78, 5) is 94.9. The Morgan fingerprint density at radius 1 is 0.885 bits per heavy atom. The lowest BCUT2D eigenvalue weighted by molar-refractivity contribution is -0.306. The molecular formula is C39H59N7O15. The third-order valence-electron chi connectivity index (χ3n) is 10.6. The lowest BCUT2D eigenvalue weighted by Crippen LogP contribution is -2.63. The first-order valence-electron chi connectivity index (χ1n) is 20.0. The first-order valence-corrected chi connectivity index (χ1v) is 20.0. The number of carboxylic acids is 2. The molecule has 0 bridgehead atoms. The van der Waals surface area contributed by atoms with Crippen molar-refractivity contribution in [2.75, 3.05) is 7.11 Å². The largest absolute Gasteiger partial charge is 0.497 e. The van der Waals surface area contributed by atoms with E-state index in [0.29, 0.717) is 44.3 Å². The van der Waals surface area contributed by atoms with Gasteiger partial charge in [0.25, 0.3) is 0 Å². The molecule has 0 aliphatic carbocycles. The van der Waals surface area contributed by atoms with E-state index < -0.39 is 108 Å². The van der Waals surface area contributed by atoms with Crippen molar-refractivity contribution in [2.24, 2.45) is 23.3 Å². The summed E-state index contributed by atoms with van der Waals surface area (Å²) < 4.78 is 21.3. The minimum absolute atomic E-state index is 0.162. The van der Waals surface area contributed by atoms with Gasteiger partial charge < -0.3 is 76.8 Å². The Bertz CT molecular complexity index is 1840. The number of carboxylic acid groups (broad SMARTS) is 2. The number of hydrogen-bond acceptors (Lipinski definition) is 14. The standard InChI is InChI=1S/C39H59N7O15/c1-6-18(3)25(33(50)46-26(35(52)53)19(4)7-2)45-34(51)27(44-24(47)11-9-8-10-21(40)16-20-12-14-22(58-5)15-13-20)30(23-17-42-39(57)43-23)59-37-29(49)31(61-38(41)56)28(48)32(60-37)36(54)55/h12-15,17-19,21,25-32,37,48-49H,6-11,16,40H2,1-5H3,(H2,41,56)(H,44,47)(H,45,51)(H,46,50)(H,52,53)(H,54,55)(H2,42,43,57)/t18-,19+,21?,25-,26+,27+,28-,29+,30-,31-,32+,37+/m0/s1. The molecule has 1 aliphatic heterocycles. The highest BCUT2D eigenvalue weighted by atomic mass is 16.7. The number of benzene rings is 1. The van der Waals surface area contributed by atoms with Crippen LogP contribution in [-0.4, -0.2) is 128 Å². The van der Waals surface area contributed by atoms with Crippen molar-refractivity contribution >= 4 is 35.8 Å². The number of carbonyl (C=O) groups excluding carboxylic acids is 4. The summed E-state index contributed by atoms with van der Waals surface area (Å²) in [6.45, 7) is 6.71. The van der Waals surface area contributed by atoms with Crippen molar-refractivity contribution in [3.8, 4) is 5.75 Å². The average molecular weight is 866 g/mol. The molecular weight excluding hydrogens is 806 g/mol. The van der Waals surface area contributed by atoms with Crippen LogP contribution in [-0.2, 0) is 44.6 Å². The molecule has 0 saturated carbocycles. The molecule has 1 aromatic heterocycles. The van der Waals surface area contributed by atoms with Crippen LogP contribution in [0.3, 0.4) is 0 Å². The number of aliphatic hydroxyl groups is 2. The van der Waals surface area contributed by atoms with E-state index >= 15 is 0 Å². The highest BCUT2D eigenvalue weighted by molar-refractivity contribution is 5.94. The molecule has 61 heavy (non-hydrogen) atoms. The number of aliphatic hydroxyl groups excluding tert-OH is 2. The van der Waals surface area contributed by atoms with Gasteiger partial charge in [0.1, 0.15) is 42.2 Å². The van der Waals surface area contributed by atoms with E-state index in [1.54, 1.807) is 34.8 Å². The van der Waals surface area contributed by atoms with Crippen molar-refractivity contribution in [3.63, 3.8) is 0 Å². The van der Waals surface area contributed by atoms with Crippen molar-refractivity contribution in [1.82, 2.24) is 25.9 Å². The topological polar surface area (TPSA) is 357 Å². The number of ether oxygens (including phenoxy) is 4. The van der Waals surface area contributed by atoms with Crippen LogP contribution < -0.4 is 37.8 Å². The summed E-state index contributed by atoms with van der Waals surface area (Å²) in [7, 11) is 1.56. The second-order valence-electron chi connectivity index (χ2n) is 15.1. The molecule has 2 aromatic rings. The quantitative estimate of drug-likeness (QED) is 0.0594. The monoisotopic (exact) mass is 865 g/mol. The number of carbonyl (C=O) groups is 6. The fourth-order valence-corrected chi connectivity index (χ4v) is 6.65. The molecule has 1 fully saturated rings. The van der Waals surface area contributed by atoms with Crippen LogP contribution >= 0.6 is 0 Å². The molecule has 3 rings (SSSR count). The van der Waals surface area contributed by atoms with Gasteiger partial charge in [-0.25, -0.2) is 19.2 Å². The SMILES string of the molecule is CC[C@@H](C)[C@@H](NC(=O)[C@@H](NC(=O)[C@H](NC(=O)CCCCC(N)Cc1ccc(OC)cc1)[C@@H](O[C@@H]1O[C@@H](C(=O)O)[C@@H](O)[C@H](OC(N)=O)[C@H]1O)c1c[nH]c(=O)[nH]1)[C@@H](C)CC)C(=O)O. The first kappa shape index (κ1) is 49.8. The molecule has 1 unspecified atom stereocenters. The van der Waals surface area contributed by atoms with Gasteiger partial charge in [0.15, 0.2) is 18.5 Å². The molecule has 13 N–H and O–H groups in total. The summed E-state index contributed by atoms with van der Waals surface area (Å²) in [6.07, 6.45) is -10.6. The average Bonchev–Trinajstić information content (AvgIpc) is 3.65. The number of nitrogens with two attached hydrogens (primary N) is 2. The predicted molar refractivity (Wildman–Crippen MR) is 213 cm³/mol. The molecule has 0 radical (unpaired) electrons. The highest BCUT2D eigenvalue weighted by Gasteiger charge is 2.52. The van der Waals surface area contributed by atoms with Gasteiger partial charge in [-0.3, -0.25) is 14.4 Å². The molecule has 1 aliphatic rings. The van der Waals surface area contributed by atoms with Crippen LogP contribution in [0.1, 0.15) is 83.6 Å². The minimum Gasteiger partial charge on any atom is -0.497 e. The Balaban J connectivity index is 1.97. The summed E-state index contributed by atoms with van der Waals surface area (Å²) >= 11 is 0. The van der Waals surface area contributed by atoms with Crippen LogP contribution in [0.25, 0.3) is 0 Å². The van der Waals surface area contributed by atoms with Gasteiger partial charge in [-0.1, -0.05) is 59.1 Å². The number of nitrogens with one attached hydrogen (secondary N) is 5. The normalized spacial score (nSPS) is 22.3. The Morgan fingerprint density at radius 3 is 2.03 bits per heavy atom. The summed E-state index contributed by atoms with van der Waals surface area (Å²) in [5.74, 6) is -6.16. The van der Waals surface area contributed by atoms with Gasteiger partial charge in [0.2, 0.25) is 17.7 Å². The number of imidazole rings is 1. The lowest BCUT2D eigenvalue weighted by Gasteiger charge is -2.41. The van der Waals surface area contributed by atoms with Crippen molar-refractivity contribution in [3.05, 3.63) is 52.2 Å². The van der Waals surface area contributed by atoms with Crippen LogP contribution in [0.15, 0.2) is 35.3 Å². The molecule has 12 atom stereocenters. The van der Waals surface area contributed by atoms with E-state index in [1.165, 1.54) is 0 Å². The smallest absolute Gasteiger partial charge is 0.404 e. The second kappa shape index (κ2) is 23.4. The van der Waals surface area contributed by atoms with Crippen molar-refractivity contribution in [2.45, 2.75) is 134 Å². The van der Waals surface area contributed by atoms with Crippen LogP contribution in [0, 0.1) is 11.8 Å². The van der Waals surface area contributed by atoms with E-state index in [1.807, 2.05) is 24.3 Å². The number of amides is 4. The number of methoxy groups -OCH3 is 1. The molecule has 340 valence electrons. The number of unbranched alkanes of at least 4 members (excludes halogenated alkanes) is 1. The van der Waals surface area contributed by atoms with E-state index in [0.717, 1.165) is 11.8 Å². The maximum Gasteiger partial charge on any atom is 0.404 e. The molecule has 1 aromatic carbocycles. The van der Waals surface area contributed by atoms with E-state index in [2.05, 4.69) is 25.9 Å². The van der Waals surface area contributed by atoms with E-state index in [9.17, 15) is 54.0 Å². The zero-order chi connectivity index (χ0) is 45.6. The molecule has 0 spiro atoms. The van der Waals surface area contributed by atoms with Crippen molar-refractivity contribution < 1.29 is 68.1 Å². The number of aromatic amines is 2. The molecule has 2 heterocycles. The molecule has 1 saturated heterocycles. The third kappa shape index (κ3) is 14.3. The van der Waals surface area contributed by atoms with Crippen LogP contribution in [0.2, 0.25) is 0 Å². The second-order valence-corrected chi connectivity index (χ2v) is 15.1. The first-order chi connectivity index (χ1) is 28.8. The molecule has 22 heteroatoms. The fraction of sp³-hybridized carbons (Fsp3) is 0.615. The molecule has 4 amide bonds. The number of aliphatic carboxylic acids is 2. The van der Waals surface area contributed by atoms with Crippen LogP contribution in [0.5, 0.6) is 5.75 Å². The summed E-state index contributed by atoms with van der Waals surface area (Å²) in [5.41, 5.74) is 11.4. The van der Waals surface area contributed by atoms with Crippen molar-refractivity contribution in [1.29, 1.82) is 0 Å². The van der Waals surface area contributed by atoms with Crippen LogP contribution in [0.4, 0.5) is 4.79 Å². The molecule has 22 nitrogen and oxygen atoms in total. The van der Waals surface area contributed by atoms with Gasteiger partial charge in [0, 0.05) is 18.7 Å². The Hall–Kier alpha value is -5.55. The number of hydrogen-bond donors (Lipinski definition) is 11. The highest BCUT2D eigenvalue weighted by Crippen LogP contribution is 2.31. The van der Waals surface area contributed by atoms with Gasteiger partial charge in [-0.2, -0.15) is 0 Å².